The number of benzene rings is 2. The number of amides is 1. The first kappa shape index (κ1) is 25.1. The third kappa shape index (κ3) is 9.34. The SMILES string of the molecule is CCNC(=NCC(O)c1ccc(OC(C)C)cc1)NCCNC(=O)Cc1ccc(F)cc1. The Bertz CT molecular complexity index is 855. The number of carbonyl (C=O) groups excluding carboxylic acids is 1. The standard InChI is InChI=1S/C24H33FN4O3/c1-4-26-24(28-14-13-27-23(31)15-18-5-9-20(25)10-6-18)29-16-22(30)19-7-11-21(12-8-19)32-17(2)3/h5-12,17,22,30H,4,13-16H2,1-3H3,(H,27,31)(H2,26,28,29). The summed E-state index contributed by atoms with van der Waals surface area (Å²) in [4.78, 5) is 16.4. The molecule has 0 fully saturated rings. The summed E-state index contributed by atoms with van der Waals surface area (Å²) < 4.78 is 18.5. The lowest BCUT2D eigenvalue weighted by Gasteiger charge is -2.14. The molecular weight excluding hydrogens is 411 g/mol. The Morgan fingerprint density at radius 1 is 1.03 bits per heavy atom. The summed E-state index contributed by atoms with van der Waals surface area (Å²) >= 11 is 0. The van der Waals surface area contributed by atoms with Crippen LogP contribution < -0.4 is 20.7 Å². The molecule has 0 aliphatic rings. The van der Waals surface area contributed by atoms with Gasteiger partial charge >= 0.3 is 0 Å². The van der Waals surface area contributed by atoms with E-state index in [2.05, 4.69) is 20.9 Å². The van der Waals surface area contributed by atoms with Crippen molar-refractivity contribution >= 4 is 11.9 Å². The molecule has 1 unspecified atom stereocenters. The van der Waals surface area contributed by atoms with Gasteiger partial charge in [-0.1, -0.05) is 24.3 Å². The van der Waals surface area contributed by atoms with E-state index >= 15 is 0 Å². The smallest absolute Gasteiger partial charge is 0.224 e. The normalized spacial score (nSPS) is 12.4. The molecule has 0 aliphatic carbocycles. The van der Waals surface area contributed by atoms with E-state index in [-0.39, 0.29) is 30.8 Å². The summed E-state index contributed by atoms with van der Waals surface area (Å²) in [5.41, 5.74) is 1.51. The zero-order chi connectivity index (χ0) is 23.3. The number of aliphatic hydroxyl groups is 1. The first-order valence-corrected chi connectivity index (χ1v) is 10.9. The van der Waals surface area contributed by atoms with Crippen molar-refractivity contribution in [2.24, 2.45) is 4.99 Å². The van der Waals surface area contributed by atoms with Crippen molar-refractivity contribution in [2.75, 3.05) is 26.2 Å². The fourth-order valence-corrected chi connectivity index (χ4v) is 2.90. The Hall–Kier alpha value is -3.13. The van der Waals surface area contributed by atoms with Crippen LogP contribution in [-0.2, 0) is 11.2 Å². The molecule has 0 aromatic heterocycles. The Kier molecular flexibility index (Phi) is 10.5. The molecule has 174 valence electrons. The van der Waals surface area contributed by atoms with Gasteiger partial charge in [0.2, 0.25) is 5.91 Å². The highest BCUT2D eigenvalue weighted by atomic mass is 19.1. The Balaban J connectivity index is 1.76. The number of guanidine groups is 1. The van der Waals surface area contributed by atoms with Crippen molar-refractivity contribution in [3.8, 4) is 5.75 Å². The number of rotatable bonds is 11. The van der Waals surface area contributed by atoms with Gasteiger partial charge in [0, 0.05) is 19.6 Å². The van der Waals surface area contributed by atoms with E-state index in [0.717, 1.165) is 16.9 Å². The maximum Gasteiger partial charge on any atom is 0.224 e. The predicted octanol–water partition coefficient (Wildman–Crippen LogP) is 2.56. The van der Waals surface area contributed by atoms with Gasteiger partial charge < -0.3 is 25.8 Å². The summed E-state index contributed by atoms with van der Waals surface area (Å²) in [5.74, 6) is 0.853. The second-order valence-corrected chi connectivity index (χ2v) is 7.55. The number of nitrogens with one attached hydrogen (secondary N) is 3. The second kappa shape index (κ2) is 13.3. The summed E-state index contributed by atoms with van der Waals surface area (Å²) in [6.45, 7) is 7.61. The van der Waals surface area contributed by atoms with E-state index < -0.39 is 6.10 Å². The van der Waals surface area contributed by atoms with Crippen LogP contribution in [0.4, 0.5) is 4.39 Å². The monoisotopic (exact) mass is 444 g/mol. The van der Waals surface area contributed by atoms with Crippen LogP contribution >= 0.6 is 0 Å². The van der Waals surface area contributed by atoms with Gasteiger partial charge in [-0.3, -0.25) is 9.79 Å². The van der Waals surface area contributed by atoms with Crippen LogP contribution in [0.25, 0.3) is 0 Å². The quantitative estimate of drug-likeness (QED) is 0.243. The van der Waals surface area contributed by atoms with Gasteiger partial charge in [-0.15, -0.1) is 0 Å². The van der Waals surface area contributed by atoms with E-state index in [0.29, 0.717) is 25.6 Å². The van der Waals surface area contributed by atoms with E-state index in [4.69, 9.17) is 4.74 Å². The number of nitrogens with zero attached hydrogens (tertiary/aromatic N) is 1. The molecule has 0 radical (unpaired) electrons. The van der Waals surface area contributed by atoms with Crippen LogP contribution in [-0.4, -0.2) is 49.3 Å². The van der Waals surface area contributed by atoms with Crippen molar-refractivity contribution in [3.05, 3.63) is 65.5 Å². The van der Waals surface area contributed by atoms with Crippen molar-refractivity contribution in [1.29, 1.82) is 0 Å². The molecule has 0 heterocycles. The van der Waals surface area contributed by atoms with E-state index in [9.17, 15) is 14.3 Å². The lowest BCUT2D eigenvalue weighted by atomic mass is 10.1. The first-order valence-electron chi connectivity index (χ1n) is 10.9. The topological polar surface area (TPSA) is 95.0 Å². The molecule has 1 atom stereocenters. The molecule has 2 aromatic carbocycles. The Morgan fingerprint density at radius 2 is 1.69 bits per heavy atom. The Labute approximate surface area is 189 Å². The lowest BCUT2D eigenvalue weighted by Crippen LogP contribution is -2.42. The molecule has 8 heteroatoms. The number of aliphatic hydroxyl groups excluding tert-OH is 1. The first-order chi connectivity index (χ1) is 15.4. The van der Waals surface area contributed by atoms with Crippen molar-refractivity contribution in [2.45, 2.75) is 39.4 Å². The number of carbonyl (C=O) groups is 1. The fraction of sp³-hybridized carbons (Fsp3) is 0.417. The maximum absolute atomic E-state index is 12.9. The fourth-order valence-electron chi connectivity index (χ4n) is 2.90. The average molecular weight is 445 g/mol. The molecular formula is C24H33FN4O3. The van der Waals surface area contributed by atoms with E-state index in [1.807, 2.05) is 45.0 Å². The van der Waals surface area contributed by atoms with Crippen molar-refractivity contribution < 1.29 is 19.0 Å². The van der Waals surface area contributed by atoms with Crippen molar-refractivity contribution in [1.82, 2.24) is 16.0 Å². The minimum Gasteiger partial charge on any atom is -0.491 e. The zero-order valence-corrected chi connectivity index (χ0v) is 18.9. The summed E-state index contributed by atoms with van der Waals surface area (Å²) in [6.07, 6.45) is -0.451. The maximum atomic E-state index is 12.9. The number of hydrogen-bond acceptors (Lipinski definition) is 4. The van der Waals surface area contributed by atoms with Crippen LogP contribution in [0.15, 0.2) is 53.5 Å². The van der Waals surface area contributed by atoms with Crippen LogP contribution in [0.3, 0.4) is 0 Å². The molecule has 0 aliphatic heterocycles. The van der Waals surface area contributed by atoms with E-state index in [1.54, 1.807) is 12.1 Å². The molecule has 0 saturated carbocycles. The predicted molar refractivity (Wildman–Crippen MR) is 124 cm³/mol. The number of ether oxygens (including phenoxy) is 1. The van der Waals surface area contributed by atoms with Gasteiger partial charge in [0.25, 0.3) is 0 Å². The highest BCUT2D eigenvalue weighted by Crippen LogP contribution is 2.19. The molecule has 0 saturated heterocycles. The molecule has 1 amide bonds. The van der Waals surface area contributed by atoms with Gasteiger partial charge in [0.15, 0.2) is 5.96 Å². The molecule has 7 nitrogen and oxygen atoms in total. The van der Waals surface area contributed by atoms with Crippen LogP contribution in [0.5, 0.6) is 5.75 Å². The van der Waals surface area contributed by atoms with Gasteiger partial charge in [-0.2, -0.15) is 0 Å². The zero-order valence-electron chi connectivity index (χ0n) is 18.9. The van der Waals surface area contributed by atoms with Crippen LogP contribution in [0, 0.1) is 5.82 Å². The highest BCUT2D eigenvalue weighted by Gasteiger charge is 2.09. The minimum atomic E-state index is -0.742. The molecule has 0 spiro atoms. The molecule has 2 aromatic rings. The third-order valence-electron chi connectivity index (χ3n) is 4.42. The summed E-state index contributed by atoms with van der Waals surface area (Å²) in [5, 5.41) is 19.5. The molecule has 2 rings (SSSR count). The lowest BCUT2D eigenvalue weighted by molar-refractivity contribution is -0.120. The van der Waals surface area contributed by atoms with E-state index in [1.165, 1.54) is 12.1 Å². The van der Waals surface area contributed by atoms with Gasteiger partial charge in [0.1, 0.15) is 11.6 Å². The number of halogens is 1. The summed E-state index contributed by atoms with van der Waals surface area (Å²) in [6, 6.07) is 13.2. The van der Waals surface area contributed by atoms with Gasteiger partial charge in [-0.05, 0) is 56.2 Å². The van der Waals surface area contributed by atoms with Gasteiger partial charge in [-0.25, -0.2) is 4.39 Å². The largest absolute Gasteiger partial charge is 0.491 e. The molecule has 4 N–H and O–H groups in total. The second-order valence-electron chi connectivity index (χ2n) is 7.55. The number of aliphatic imine (C=N–C) groups is 1. The molecule has 0 bridgehead atoms. The molecule has 32 heavy (non-hydrogen) atoms. The number of hydrogen-bond donors (Lipinski definition) is 4. The minimum absolute atomic E-state index is 0.0943. The highest BCUT2D eigenvalue weighted by molar-refractivity contribution is 5.80. The Morgan fingerprint density at radius 3 is 2.31 bits per heavy atom. The van der Waals surface area contributed by atoms with Crippen LogP contribution in [0.2, 0.25) is 0 Å². The third-order valence-corrected chi connectivity index (χ3v) is 4.42. The summed E-state index contributed by atoms with van der Waals surface area (Å²) in [7, 11) is 0. The van der Waals surface area contributed by atoms with Crippen molar-refractivity contribution in [3.63, 3.8) is 0 Å². The van der Waals surface area contributed by atoms with Gasteiger partial charge in [0.05, 0.1) is 25.2 Å². The van der Waals surface area contributed by atoms with Crippen LogP contribution in [0.1, 0.15) is 38.0 Å². The average Bonchev–Trinajstić information content (AvgIpc) is 2.76.